The first-order valence-corrected chi connectivity index (χ1v) is 11.1. The topological polar surface area (TPSA) is 97.3 Å². The lowest BCUT2D eigenvalue weighted by Crippen LogP contribution is -2.41. The highest BCUT2D eigenvalue weighted by Gasteiger charge is 2.52. The Kier molecular flexibility index (Phi) is 7.39. The summed E-state index contributed by atoms with van der Waals surface area (Å²) in [6.45, 7) is 10.7. The summed E-state index contributed by atoms with van der Waals surface area (Å²) in [6.07, 6.45) is -0.362. The van der Waals surface area contributed by atoms with Crippen molar-refractivity contribution in [1.82, 2.24) is 5.32 Å². The molecule has 1 aliphatic rings. The summed E-state index contributed by atoms with van der Waals surface area (Å²) in [5.41, 5.74) is 2.98. The minimum absolute atomic E-state index is 0.200. The second kappa shape index (κ2) is 9.89. The Balaban J connectivity index is 1.97. The molecule has 176 valence electrons. The van der Waals surface area contributed by atoms with Gasteiger partial charge in [0.2, 0.25) is 0 Å². The molecule has 8 heteroatoms. The Hall–Kier alpha value is -2.97. The third-order valence-corrected chi connectivity index (χ3v) is 6.19. The summed E-state index contributed by atoms with van der Waals surface area (Å²) >= 11 is 0. The molecule has 0 aliphatic carbocycles. The second-order valence-corrected chi connectivity index (χ2v) is 8.99. The summed E-state index contributed by atoms with van der Waals surface area (Å²) < 4.78 is 18.4. The van der Waals surface area contributed by atoms with E-state index in [1.165, 1.54) is 0 Å². The van der Waals surface area contributed by atoms with E-state index in [1.807, 2.05) is 64.1 Å². The van der Waals surface area contributed by atoms with Gasteiger partial charge < -0.3 is 29.6 Å². The molecule has 1 heterocycles. The third kappa shape index (κ3) is 5.70. The third-order valence-electron chi connectivity index (χ3n) is 6.19. The minimum Gasteiger partial charge on any atom is -0.508 e. The fourth-order valence-corrected chi connectivity index (χ4v) is 3.66. The Morgan fingerprint density at radius 2 is 1.48 bits per heavy atom. The Labute approximate surface area is 195 Å². The fourth-order valence-electron chi connectivity index (χ4n) is 3.66. The van der Waals surface area contributed by atoms with E-state index in [0.29, 0.717) is 12.2 Å². The SMILES string of the molecule is CC/C(B1OC(C)(C)C(C)(C)O1)=C(\c1ccc(O)cc1)c1ccc(OCCNC(=O)O)cc1. The van der Waals surface area contributed by atoms with Crippen LogP contribution in [0.15, 0.2) is 54.0 Å². The largest absolute Gasteiger partial charge is 0.508 e. The monoisotopic (exact) mass is 453 g/mol. The molecule has 2 aromatic carbocycles. The van der Waals surface area contributed by atoms with Crippen LogP contribution >= 0.6 is 0 Å². The van der Waals surface area contributed by atoms with Crippen molar-refractivity contribution in [2.75, 3.05) is 13.2 Å². The van der Waals surface area contributed by atoms with Crippen LogP contribution in [0.2, 0.25) is 0 Å². The first-order valence-electron chi connectivity index (χ1n) is 11.1. The van der Waals surface area contributed by atoms with Gasteiger partial charge in [-0.05, 0) is 80.6 Å². The molecule has 2 aromatic rings. The number of phenols is 1. The molecule has 0 aromatic heterocycles. The van der Waals surface area contributed by atoms with Gasteiger partial charge in [0.1, 0.15) is 18.1 Å². The molecule has 0 spiro atoms. The lowest BCUT2D eigenvalue weighted by atomic mass is 9.71. The van der Waals surface area contributed by atoms with E-state index in [0.717, 1.165) is 22.2 Å². The maximum atomic E-state index is 10.6. The maximum absolute atomic E-state index is 10.6. The molecule has 1 saturated heterocycles. The molecule has 0 radical (unpaired) electrons. The normalized spacial score (nSPS) is 17.4. The zero-order valence-electron chi connectivity index (χ0n) is 19.8. The number of ether oxygens (including phenoxy) is 1. The van der Waals surface area contributed by atoms with Crippen LogP contribution in [0.3, 0.4) is 0 Å². The number of phenolic OH excluding ortho intramolecular Hbond substituents is 1. The Morgan fingerprint density at radius 3 is 1.97 bits per heavy atom. The molecule has 0 saturated carbocycles. The predicted octanol–water partition coefficient (Wildman–Crippen LogP) is 4.88. The summed E-state index contributed by atoms with van der Waals surface area (Å²) in [7, 11) is -0.498. The molecule has 7 nitrogen and oxygen atoms in total. The molecule has 33 heavy (non-hydrogen) atoms. The lowest BCUT2D eigenvalue weighted by Gasteiger charge is -2.32. The number of carboxylic acid groups (broad SMARTS) is 1. The van der Waals surface area contributed by atoms with Crippen molar-refractivity contribution in [2.24, 2.45) is 0 Å². The molecule has 3 rings (SSSR count). The standard InChI is InChI=1S/C25H32BNO6/c1-6-21(26-32-24(2,3)25(4,5)33-26)22(17-7-11-19(28)12-8-17)18-9-13-20(14-10-18)31-16-15-27-23(29)30/h7-14,27-28H,6,15-16H2,1-5H3,(H,29,30)/b22-21-. The first-order chi connectivity index (χ1) is 15.5. The summed E-state index contributed by atoms with van der Waals surface area (Å²) in [5, 5.41) is 20.7. The van der Waals surface area contributed by atoms with Crippen LogP contribution < -0.4 is 10.1 Å². The van der Waals surface area contributed by atoms with E-state index in [4.69, 9.17) is 19.2 Å². The van der Waals surface area contributed by atoms with Crippen molar-refractivity contribution in [3.05, 3.63) is 65.1 Å². The van der Waals surface area contributed by atoms with Crippen molar-refractivity contribution < 1.29 is 29.1 Å². The molecule has 0 atom stereocenters. The van der Waals surface area contributed by atoms with E-state index in [-0.39, 0.29) is 18.9 Å². The van der Waals surface area contributed by atoms with E-state index < -0.39 is 24.4 Å². The van der Waals surface area contributed by atoms with Gasteiger partial charge in [-0.2, -0.15) is 0 Å². The van der Waals surface area contributed by atoms with E-state index >= 15 is 0 Å². The number of allylic oxidation sites excluding steroid dienone is 1. The molecule has 1 amide bonds. The van der Waals surface area contributed by atoms with Gasteiger partial charge in [-0.3, -0.25) is 0 Å². The van der Waals surface area contributed by atoms with Crippen molar-refractivity contribution in [3.8, 4) is 11.5 Å². The van der Waals surface area contributed by atoms with E-state index in [9.17, 15) is 9.90 Å². The number of hydrogen-bond donors (Lipinski definition) is 3. The van der Waals surface area contributed by atoms with Gasteiger partial charge in [0, 0.05) is 0 Å². The van der Waals surface area contributed by atoms with Gasteiger partial charge in [-0.1, -0.05) is 31.2 Å². The quantitative estimate of drug-likeness (QED) is 0.389. The van der Waals surface area contributed by atoms with Crippen LogP contribution in [0.25, 0.3) is 5.57 Å². The van der Waals surface area contributed by atoms with Gasteiger partial charge in [-0.25, -0.2) is 4.79 Å². The molecule has 3 N–H and O–H groups in total. The number of aromatic hydroxyl groups is 1. The highest BCUT2D eigenvalue weighted by atomic mass is 16.7. The number of rotatable bonds is 8. The highest BCUT2D eigenvalue weighted by Crippen LogP contribution is 2.42. The number of benzene rings is 2. The van der Waals surface area contributed by atoms with Gasteiger partial charge in [0.25, 0.3) is 0 Å². The highest BCUT2D eigenvalue weighted by molar-refractivity contribution is 6.56. The van der Waals surface area contributed by atoms with Gasteiger partial charge >= 0.3 is 13.2 Å². The average Bonchev–Trinajstić information content (AvgIpc) is 2.97. The van der Waals surface area contributed by atoms with Gasteiger partial charge in [-0.15, -0.1) is 0 Å². The van der Waals surface area contributed by atoms with Crippen molar-refractivity contribution in [1.29, 1.82) is 0 Å². The molecule has 0 bridgehead atoms. The summed E-state index contributed by atoms with van der Waals surface area (Å²) in [4.78, 5) is 10.6. The van der Waals surface area contributed by atoms with Crippen LogP contribution in [0.5, 0.6) is 11.5 Å². The molecular weight excluding hydrogens is 421 g/mol. The second-order valence-electron chi connectivity index (χ2n) is 8.99. The van der Waals surface area contributed by atoms with Crippen molar-refractivity contribution in [2.45, 2.75) is 52.2 Å². The summed E-state index contributed by atoms with van der Waals surface area (Å²) in [5.74, 6) is 0.843. The van der Waals surface area contributed by atoms with Crippen molar-refractivity contribution >= 4 is 18.8 Å². The molecular formula is C25H32BNO6. The van der Waals surface area contributed by atoms with E-state index in [1.54, 1.807) is 12.1 Å². The predicted molar refractivity (Wildman–Crippen MR) is 128 cm³/mol. The Morgan fingerprint density at radius 1 is 0.970 bits per heavy atom. The van der Waals surface area contributed by atoms with Crippen molar-refractivity contribution in [3.63, 3.8) is 0 Å². The van der Waals surface area contributed by atoms with Gasteiger partial charge in [0.05, 0.1) is 17.7 Å². The van der Waals surface area contributed by atoms with Crippen LogP contribution in [-0.4, -0.2) is 47.8 Å². The maximum Gasteiger partial charge on any atom is 0.491 e. The van der Waals surface area contributed by atoms with Crippen LogP contribution in [0.1, 0.15) is 52.2 Å². The number of amides is 1. The number of carbonyl (C=O) groups is 1. The average molecular weight is 453 g/mol. The summed E-state index contributed by atoms with van der Waals surface area (Å²) in [6, 6.07) is 14.7. The number of hydrogen-bond acceptors (Lipinski definition) is 5. The Bertz CT molecular complexity index is 983. The molecule has 1 aliphatic heterocycles. The van der Waals surface area contributed by atoms with Gasteiger partial charge in [0.15, 0.2) is 0 Å². The zero-order chi connectivity index (χ0) is 24.2. The number of nitrogens with one attached hydrogen (secondary N) is 1. The smallest absolute Gasteiger partial charge is 0.491 e. The first kappa shape index (κ1) is 24.7. The molecule has 0 unspecified atom stereocenters. The molecule has 1 fully saturated rings. The van der Waals surface area contributed by atoms with E-state index in [2.05, 4.69) is 12.2 Å². The zero-order valence-corrected chi connectivity index (χ0v) is 19.8. The van der Waals surface area contributed by atoms with Crippen LogP contribution in [0.4, 0.5) is 4.79 Å². The lowest BCUT2D eigenvalue weighted by molar-refractivity contribution is 0.00578. The van der Waals surface area contributed by atoms with Crippen LogP contribution in [-0.2, 0) is 9.31 Å². The fraction of sp³-hybridized carbons (Fsp3) is 0.400. The van der Waals surface area contributed by atoms with Crippen LogP contribution in [0, 0.1) is 0 Å². The minimum atomic E-state index is -1.08.